The van der Waals surface area contributed by atoms with E-state index < -0.39 is 0 Å². The second-order valence-corrected chi connectivity index (χ2v) is 6.91. The molecule has 2 atom stereocenters. The highest BCUT2D eigenvalue weighted by Gasteiger charge is 2.40. The maximum Gasteiger partial charge on any atom is 0.0355 e. The molecule has 3 heteroatoms. The quantitative estimate of drug-likeness (QED) is 0.911. The van der Waals surface area contributed by atoms with E-state index in [0.717, 1.165) is 12.5 Å². The third kappa shape index (κ3) is 2.31. The van der Waals surface area contributed by atoms with Gasteiger partial charge in [-0.05, 0) is 46.8 Å². The van der Waals surface area contributed by atoms with Crippen molar-refractivity contribution in [3.05, 3.63) is 28.7 Å². The fourth-order valence-corrected chi connectivity index (χ4v) is 4.39. The Morgan fingerprint density at radius 2 is 2.25 bits per heavy atom. The molecule has 1 saturated carbocycles. The molecule has 0 aliphatic heterocycles. The minimum absolute atomic E-state index is 0.254. The van der Waals surface area contributed by atoms with Gasteiger partial charge in [-0.3, -0.25) is 0 Å². The van der Waals surface area contributed by atoms with Crippen LogP contribution < -0.4 is 5.73 Å². The Balaban J connectivity index is 2.22. The van der Waals surface area contributed by atoms with Crippen molar-refractivity contribution in [2.45, 2.75) is 35.8 Å². The first-order valence-corrected chi connectivity index (χ1v) is 7.42. The summed E-state index contributed by atoms with van der Waals surface area (Å²) in [5.41, 5.74) is 6.02. The Morgan fingerprint density at radius 1 is 1.50 bits per heavy atom. The van der Waals surface area contributed by atoms with Crippen LogP contribution in [0.5, 0.6) is 0 Å². The van der Waals surface area contributed by atoms with Crippen molar-refractivity contribution in [2.24, 2.45) is 11.7 Å². The van der Waals surface area contributed by atoms with E-state index in [2.05, 4.69) is 47.1 Å². The molecule has 1 aliphatic rings. The lowest BCUT2D eigenvalue weighted by molar-refractivity contribution is 0.476. The molecule has 0 aromatic heterocycles. The summed E-state index contributed by atoms with van der Waals surface area (Å²) in [5, 5.41) is 0. The van der Waals surface area contributed by atoms with E-state index in [1.165, 1.54) is 28.6 Å². The van der Waals surface area contributed by atoms with Crippen molar-refractivity contribution >= 4 is 27.7 Å². The molecule has 1 aromatic rings. The molecule has 1 nitrogen and oxygen atoms in total. The number of benzene rings is 1. The normalized spacial score (nSPS) is 29.6. The molecule has 2 rings (SSSR count). The van der Waals surface area contributed by atoms with Gasteiger partial charge in [0.25, 0.3) is 0 Å². The molecule has 1 aromatic carbocycles. The van der Waals surface area contributed by atoms with Crippen molar-refractivity contribution in [3.8, 4) is 0 Å². The first-order chi connectivity index (χ1) is 7.68. The van der Waals surface area contributed by atoms with Gasteiger partial charge in [-0.15, -0.1) is 11.8 Å². The first-order valence-electron chi connectivity index (χ1n) is 5.81. The van der Waals surface area contributed by atoms with Gasteiger partial charge in [0.2, 0.25) is 0 Å². The molecule has 1 aliphatic carbocycles. The zero-order valence-corrected chi connectivity index (χ0v) is 12.0. The predicted molar refractivity (Wildman–Crippen MR) is 74.8 cm³/mol. The van der Waals surface area contributed by atoms with Gasteiger partial charge in [0.15, 0.2) is 0 Å². The number of halogens is 1. The SMILES string of the molecule is CC1CCCC1(CN)Sc1ccccc1Br. The summed E-state index contributed by atoms with van der Waals surface area (Å²) in [7, 11) is 0. The van der Waals surface area contributed by atoms with E-state index in [1.807, 2.05) is 11.8 Å². The highest BCUT2D eigenvalue weighted by Crippen LogP contribution is 2.49. The second kappa shape index (κ2) is 5.11. The molecule has 88 valence electrons. The van der Waals surface area contributed by atoms with E-state index in [0.29, 0.717) is 0 Å². The largest absolute Gasteiger partial charge is 0.329 e. The summed E-state index contributed by atoms with van der Waals surface area (Å²) in [4.78, 5) is 1.32. The zero-order chi connectivity index (χ0) is 11.6. The van der Waals surface area contributed by atoms with Gasteiger partial charge in [0.1, 0.15) is 0 Å². The number of hydrogen-bond donors (Lipinski definition) is 1. The van der Waals surface area contributed by atoms with Crippen LogP contribution in [0.15, 0.2) is 33.6 Å². The van der Waals surface area contributed by atoms with Crippen molar-refractivity contribution in [1.82, 2.24) is 0 Å². The molecule has 0 spiro atoms. The fourth-order valence-electron chi connectivity index (χ4n) is 2.46. The highest BCUT2D eigenvalue weighted by atomic mass is 79.9. The average molecular weight is 300 g/mol. The number of rotatable bonds is 3. The lowest BCUT2D eigenvalue weighted by Gasteiger charge is -2.32. The van der Waals surface area contributed by atoms with Crippen LogP contribution in [0.2, 0.25) is 0 Å². The van der Waals surface area contributed by atoms with E-state index >= 15 is 0 Å². The van der Waals surface area contributed by atoms with Gasteiger partial charge in [-0.2, -0.15) is 0 Å². The van der Waals surface area contributed by atoms with Crippen LogP contribution in [0.25, 0.3) is 0 Å². The minimum atomic E-state index is 0.254. The summed E-state index contributed by atoms with van der Waals surface area (Å²) in [6, 6.07) is 8.43. The number of nitrogens with two attached hydrogens (primary N) is 1. The van der Waals surface area contributed by atoms with E-state index in [9.17, 15) is 0 Å². The van der Waals surface area contributed by atoms with Gasteiger partial charge >= 0.3 is 0 Å². The van der Waals surface area contributed by atoms with Crippen molar-refractivity contribution in [1.29, 1.82) is 0 Å². The van der Waals surface area contributed by atoms with Crippen LogP contribution in [0, 0.1) is 5.92 Å². The van der Waals surface area contributed by atoms with Crippen LogP contribution in [-0.2, 0) is 0 Å². The third-order valence-electron chi connectivity index (χ3n) is 3.63. The average Bonchev–Trinajstić information content (AvgIpc) is 2.64. The zero-order valence-electron chi connectivity index (χ0n) is 9.58. The molecule has 0 bridgehead atoms. The fraction of sp³-hybridized carbons (Fsp3) is 0.538. The maximum absolute atomic E-state index is 6.02. The molecule has 0 amide bonds. The van der Waals surface area contributed by atoms with E-state index in [1.54, 1.807) is 0 Å². The molecule has 0 saturated heterocycles. The van der Waals surface area contributed by atoms with Crippen LogP contribution in [-0.4, -0.2) is 11.3 Å². The molecule has 0 radical (unpaired) electrons. The van der Waals surface area contributed by atoms with Gasteiger partial charge in [0, 0.05) is 20.7 Å². The van der Waals surface area contributed by atoms with Crippen molar-refractivity contribution in [2.75, 3.05) is 6.54 Å². The number of thioether (sulfide) groups is 1. The van der Waals surface area contributed by atoms with Crippen LogP contribution in [0.4, 0.5) is 0 Å². The Kier molecular flexibility index (Phi) is 3.98. The molecular weight excluding hydrogens is 282 g/mol. The summed E-state index contributed by atoms with van der Waals surface area (Å²) >= 11 is 5.58. The van der Waals surface area contributed by atoms with E-state index in [-0.39, 0.29) is 4.75 Å². The summed E-state index contributed by atoms with van der Waals surface area (Å²) in [6.45, 7) is 3.11. The standard InChI is InChI=1S/C13H18BrNS/c1-10-5-4-8-13(10,9-15)16-12-7-3-2-6-11(12)14/h2-3,6-7,10H,4-5,8-9,15H2,1H3. The highest BCUT2D eigenvalue weighted by molar-refractivity contribution is 9.10. The van der Waals surface area contributed by atoms with E-state index in [4.69, 9.17) is 5.73 Å². The monoisotopic (exact) mass is 299 g/mol. The van der Waals surface area contributed by atoms with Gasteiger partial charge in [-0.1, -0.05) is 25.5 Å². The molecule has 0 heterocycles. The summed E-state index contributed by atoms with van der Waals surface area (Å²) < 4.78 is 1.44. The van der Waals surface area contributed by atoms with Gasteiger partial charge < -0.3 is 5.73 Å². The lowest BCUT2D eigenvalue weighted by atomic mass is 9.97. The van der Waals surface area contributed by atoms with Crippen LogP contribution >= 0.6 is 27.7 Å². The second-order valence-electron chi connectivity index (χ2n) is 4.59. The van der Waals surface area contributed by atoms with Gasteiger partial charge in [-0.25, -0.2) is 0 Å². The molecule has 16 heavy (non-hydrogen) atoms. The maximum atomic E-state index is 6.02. The Labute approximate surface area is 110 Å². The predicted octanol–water partition coefficient (Wildman–Crippen LogP) is 4.06. The molecule has 1 fully saturated rings. The summed E-state index contributed by atoms with van der Waals surface area (Å²) in [5.74, 6) is 0.717. The minimum Gasteiger partial charge on any atom is -0.329 e. The third-order valence-corrected chi connectivity index (χ3v) is 6.34. The first kappa shape index (κ1) is 12.5. The smallest absolute Gasteiger partial charge is 0.0355 e. The molecule has 2 N–H and O–H groups in total. The molecular formula is C13H18BrNS. The number of hydrogen-bond acceptors (Lipinski definition) is 2. The molecule has 2 unspecified atom stereocenters. The van der Waals surface area contributed by atoms with Crippen LogP contribution in [0.1, 0.15) is 26.2 Å². The Bertz CT molecular complexity index is 369. The Morgan fingerprint density at radius 3 is 2.81 bits per heavy atom. The van der Waals surface area contributed by atoms with Crippen LogP contribution in [0.3, 0.4) is 0 Å². The van der Waals surface area contributed by atoms with Crippen molar-refractivity contribution < 1.29 is 0 Å². The Hall–Kier alpha value is 0.01000. The van der Waals surface area contributed by atoms with Crippen molar-refractivity contribution in [3.63, 3.8) is 0 Å². The lowest BCUT2D eigenvalue weighted by Crippen LogP contribution is -2.36. The van der Waals surface area contributed by atoms with Gasteiger partial charge in [0.05, 0.1) is 0 Å². The summed E-state index contributed by atoms with van der Waals surface area (Å²) in [6.07, 6.45) is 3.88. The topological polar surface area (TPSA) is 26.0 Å².